The lowest BCUT2D eigenvalue weighted by molar-refractivity contribution is -0.121. The molecule has 1 fully saturated rings. The maximum Gasteiger partial charge on any atom is 0.221 e. The van der Waals surface area contributed by atoms with Crippen LogP contribution in [0.5, 0.6) is 0 Å². The number of nitrogens with one attached hydrogen (secondary N) is 1. The van der Waals surface area contributed by atoms with Gasteiger partial charge in [-0.25, -0.2) is 0 Å². The summed E-state index contributed by atoms with van der Waals surface area (Å²) in [6.45, 7) is 0.710. The van der Waals surface area contributed by atoms with Crippen LogP contribution in [0.3, 0.4) is 0 Å². The number of hydrogen-bond acceptors (Lipinski definition) is 3. The zero-order valence-corrected chi connectivity index (χ0v) is 10.4. The van der Waals surface area contributed by atoms with E-state index >= 15 is 0 Å². The first-order valence-electron chi connectivity index (χ1n) is 6.33. The Kier molecular flexibility index (Phi) is 3.99. The summed E-state index contributed by atoms with van der Waals surface area (Å²) in [5, 5.41) is 12.0. The molecule has 0 spiro atoms. The number of aliphatic hydroxyl groups is 1. The molecular formula is C14H20N2O2. The van der Waals surface area contributed by atoms with Crippen molar-refractivity contribution in [2.24, 2.45) is 11.1 Å². The van der Waals surface area contributed by atoms with Gasteiger partial charge >= 0.3 is 0 Å². The van der Waals surface area contributed by atoms with Crippen LogP contribution < -0.4 is 11.1 Å². The molecule has 0 aliphatic heterocycles. The number of amides is 1. The van der Waals surface area contributed by atoms with Crippen molar-refractivity contribution in [3.8, 4) is 0 Å². The summed E-state index contributed by atoms with van der Waals surface area (Å²) < 4.78 is 0. The molecule has 2 rings (SSSR count). The minimum atomic E-state index is -0.268. The Morgan fingerprint density at radius 2 is 2.06 bits per heavy atom. The Labute approximate surface area is 107 Å². The van der Waals surface area contributed by atoms with Crippen LogP contribution in [-0.2, 0) is 4.79 Å². The summed E-state index contributed by atoms with van der Waals surface area (Å²) in [4.78, 5) is 11.7. The van der Waals surface area contributed by atoms with Gasteiger partial charge in [0.1, 0.15) is 0 Å². The van der Waals surface area contributed by atoms with Crippen LogP contribution in [0, 0.1) is 5.41 Å². The van der Waals surface area contributed by atoms with Crippen LogP contribution in [0.1, 0.15) is 30.9 Å². The summed E-state index contributed by atoms with van der Waals surface area (Å²) in [7, 11) is 0. The first kappa shape index (κ1) is 13.1. The molecule has 0 radical (unpaired) electrons. The number of rotatable bonds is 6. The number of benzene rings is 1. The van der Waals surface area contributed by atoms with Gasteiger partial charge in [0.2, 0.25) is 5.91 Å². The molecule has 1 saturated carbocycles. The van der Waals surface area contributed by atoms with Crippen molar-refractivity contribution in [3.63, 3.8) is 0 Å². The molecule has 0 aromatic heterocycles. The Bertz CT molecular complexity index is 402. The number of carbonyl (C=O) groups excluding carboxylic acids is 1. The lowest BCUT2D eigenvalue weighted by Gasteiger charge is -2.15. The highest BCUT2D eigenvalue weighted by Crippen LogP contribution is 2.44. The fraction of sp³-hybridized carbons (Fsp3) is 0.500. The van der Waals surface area contributed by atoms with Crippen LogP contribution in [0.2, 0.25) is 0 Å². The van der Waals surface area contributed by atoms with E-state index in [1.54, 1.807) is 0 Å². The van der Waals surface area contributed by atoms with Gasteiger partial charge in [-0.15, -0.1) is 0 Å². The zero-order chi connectivity index (χ0) is 13.0. The number of aliphatic hydroxyl groups excluding tert-OH is 1. The number of nitrogens with two attached hydrogens (primary N) is 1. The molecule has 1 aliphatic rings. The van der Waals surface area contributed by atoms with Crippen molar-refractivity contribution in [1.29, 1.82) is 0 Å². The molecule has 4 N–H and O–H groups in total. The largest absolute Gasteiger partial charge is 0.396 e. The van der Waals surface area contributed by atoms with E-state index in [9.17, 15) is 4.79 Å². The first-order valence-corrected chi connectivity index (χ1v) is 6.33. The van der Waals surface area contributed by atoms with Crippen molar-refractivity contribution in [1.82, 2.24) is 5.32 Å². The van der Waals surface area contributed by atoms with E-state index in [0.29, 0.717) is 6.54 Å². The molecule has 98 valence electrons. The molecular weight excluding hydrogens is 228 g/mol. The minimum absolute atomic E-state index is 0.0491. The van der Waals surface area contributed by atoms with E-state index in [-0.39, 0.29) is 30.4 Å². The van der Waals surface area contributed by atoms with Gasteiger partial charge in [0.05, 0.1) is 6.61 Å². The smallest absolute Gasteiger partial charge is 0.221 e. The Morgan fingerprint density at radius 3 is 2.61 bits per heavy atom. The van der Waals surface area contributed by atoms with Gasteiger partial charge in [-0.1, -0.05) is 30.3 Å². The monoisotopic (exact) mass is 248 g/mol. The van der Waals surface area contributed by atoms with E-state index in [0.717, 1.165) is 18.4 Å². The van der Waals surface area contributed by atoms with Crippen LogP contribution in [0.4, 0.5) is 0 Å². The SMILES string of the molecule is NC(CC(=O)NCC1(CO)CC1)c1ccccc1. The third-order valence-electron chi connectivity index (χ3n) is 3.59. The molecule has 0 heterocycles. The van der Waals surface area contributed by atoms with Crippen molar-refractivity contribution in [3.05, 3.63) is 35.9 Å². The van der Waals surface area contributed by atoms with Gasteiger partial charge in [-0.3, -0.25) is 4.79 Å². The van der Waals surface area contributed by atoms with E-state index in [4.69, 9.17) is 10.8 Å². The second-order valence-electron chi connectivity index (χ2n) is 5.16. The van der Waals surface area contributed by atoms with Crippen molar-refractivity contribution in [2.45, 2.75) is 25.3 Å². The Hall–Kier alpha value is -1.39. The summed E-state index contributed by atoms with van der Waals surface area (Å²) in [5.41, 5.74) is 6.89. The first-order chi connectivity index (χ1) is 8.65. The predicted molar refractivity (Wildman–Crippen MR) is 69.7 cm³/mol. The number of hydrogen-bond donors (Lipinski definition) is 3. The summed E-state index contributed by atoms with van der Waals surface area (Å²) in [6.07, 6.45) is 2.27. The molecule has 4 nitrogen and oxygen atoms in total. The second kappa shape index (κ2) is 5.50. The standard InChI is InChI=1S/C14H20N2O2/c15-12(11-4-2-1-3-5-11)8-13(18)16-9-14(10-17)6-7-14/h1-5,12,17H,6-10,15H2,(H,16,18). The quantitative estimate of drug-likeness (QED) is 0.702. The van der Waals surface area contributed by atoms with E-state index in [2.05, 4.69) is 5.32 Å². The second-order valence-corrected chi connectivity index (χ2v) is 5.16. The fourth-order valence-corrected chi connectivity index (χ4v) is 1.94. The summed E-state index contributed by atoms with van der Waals surface area (Å²) >= 11 is 0. The predicted octanol–water partition coefficient (Wildman–Crippen LogP) is 0.965. The molecule has 1 unspecified atom stereocenters. The van der Waals surface area contributed by atoms with Crippen LogP contribution in [-0.4, -0.2) is 24.2 Å². The van der Waals surface area contributed by atoms with Gasteiger partial charge in [-0.2, -0.15) is 0 Å². The average molecular weight is 248 g/mol. The highest BCUT2D eigenvalue weighted by atomic mass is 16.3. The van der Waals surface area contributed by atoms with Gasteiger partial charge in [0.15, 0.2) is 0 Å². The topological polar surface area (TPSA) is 75.4 Å². The minimum Gasteiger partial charge on any atom is -0.396 e. The van der Waals surface area contributed by atoms with Gasteiger partial charge < -0.3 is 16.2 Å². The van der Waals surface area contributed by atoms with Crippen molar-refractivity contribution < 1.29 is 9.90 Å². The summed E-state index contributed by atoms with van der Waals surface area (Å²) in [6, 6.07) is 9.34. The summed E-state index contributed by atoms with van der Waals surface area (Å²) in [5.74, 6) is -0.0499. The van der Waals surface area contributed by atoms with Crippen molar-refractivity contribution >= 4 is 5.91 Å². The molecule has 1 aromatic rings. The molecule has 0 bridgehead atoms. The lowest BCUT2D eigenvalue weighted by Crippen LogP contribution is -2.33. The third-order valence-corrected chi connectivity index (χ3v) is 3.59. The normalized spacial score (nSPS) is 18.1. The van der Waals surface area contributed by atoms with Gasteiger partial charge in [0, 0.05) is 24.4 Å². The lowest BCUT2D eigenvalue weighted by atomic mass is 10.0. The van der Waals surface area contributed by atoms with Crippen LogP contribution in [0.15, 0.2) is 30.3 Å². The third kappa shape index (κ3) is 3.31. The molecule has 4 heteroatoms. The van der Waals surface area contributed by atoms with Crippen LogP contribution >= 0.6 is 0 Å². The van der Waals surface area contributed by atoms with Gasteiger partial charge in [0.25, 0.3) is 0 Å². The van der Waals surface area contributed by atoms with Crippen LogP contribution in [0.25, 0.3) is 0 Å². The molecule has 1 amide bonds. The Balaban J connectivity index is 1.77. The molecule has 18 heavy (non-hydrogen) atoms. The highest BCUT2D eigenvalue weighted by Gasteiger charge is 2.42. The van der Waals surface area contributed by atoms with Crippen molar-refractivity contribution in [2.75, 3.05) is 13.2 Å². The maximum atomic E-state index is 11.7. The average Bonchev–Trinajstić information content (AvgIpc) is 3.18. The molecule has 0 saturated heterocycles. The Morgan fingerprint density at radius 1 is 1.39 bits per heavy atom. The molecule has 1 aromatic carbocycles. The van der Waals surface area contributed by atoms with E-state index in [1.165, 1.54) is 0 Å². The fourth-order valence-electron chi connectivity index (χ4n) is 1.94. The maximum absolute atomic E-state index is 11.7. The van der Waals surface area contributed by atoms with E-state index < -0.39 is 0 Å². The highest BCUT2D eigenvalue weighted by molar-refractivity contribution is 5.76. The number of carbonyl (C=O) groups is 1. The van der Waals surface area contributed by atoms with Gasteiger partial charge in [-0.05, 0) is 18.4 Å². The molecule has 1 atom stereocenters. The zero-order valence-electron chi connectivity index (χ0n) is 10.4. The van der Waals surface area contributed by atoms with E-state index in [1.807, 2.05) is 30.3 Å². The molecule has 1 aliphatic carbocycles.